The molecule has 1 unspecified atom stereocenters. The number of esters is 1. The van der Waals surface area contributed by atoms with Crippen LogP contribution in [0.1, 0.15) is 32.6 Å². The average molecular weight is 421 g/mol. The summed E-state index contributed by atoms with van der Waals surface area (Å²) in [7, 11) is -3.44. The largest absolute Gasteiger partial charge is 0.461 e. The zero-order valence-electron chi connectivity index (χ0n) is 16.9. The molecule has 0 radical (unpaired) electrons. The normalized spacial score (nSPS) is 47.7. The summed E-state index contributed by atoms with van der Waals surface area (Å²) < 4.78 is 25.2. The van der Waals surface area contributed by atoms with Gasteiger partial charge in [0.25, 0.3) is 0 Å². The number of carbonyl (C=O) groups is 1. The van der Waals surface area contributed by atoms with Gasteiger partial charge in [-0.2, -0.15) is 0 Å². The quantitative estimate of drug-likeness (QED) is 0.462. The van der Waals surface area contributed by atoms with E-state index < -0.39 is 46.2 Å². The zero-order valence-corrected chi connectivity index (χ0v) is 18.7. The molecular weight excluding hydrogens is 392 g/mol. The molecule has 1 N–H and O–H groups in total. The molecule has 152 valence electrons. The van der Waals surface area contributed by atoms with Crippen LogP contribution in [0, 0.1) is 5.92 Å². The Labute approximate surface area is 169 Å². The van der Waals surface area contributed by atoms with E-state index in [2.05, 4.69) is 19.6 Å². The zero-order chi connectivity index (χ0) is 20.2. The minimum atomic E-state index is -1.87. The van der Waals surface area contributed by atoms with Crippen molar-refractivity contribution in [1.82, 2.24) is 0 Å². The van der Waals surface area contributed by atoms with Gasteiger partial charge in [0.1, 0.15) is 11.7 Å². The molecule has 5 rings (SSSR count). The molecule has 1 aromatic carbocycles. The van der Waals surface area contributed by atoms with Gasteiger partial charge in [-0.25, -0.2) is 0 Å². The summed E-state index contributed by atoms with van der Waals surface area (Å²) in [5.74, 6) is -0.751. The van der Waals surface area contributed by atoms with Crippen LogP contribution >= 0.6 is 0 Å². The van der Waals surface area contributed by atoms with Crippen molar-refractivity contribution in [2.75, 3.05) is 0 Å². The van der Waals surface area contributed by atoms with Crippen molar-refractivity contribution in [3.05, 3.63) is 30.3 Å². The van der Waals surface area contributed by atoms with E-state index in [1.54, 1.807) is 0 Å². The first kappa shape index (κ1) is 19.0. The lowest BCUT2D eigenvalue weighted by atomic mass is 9.77. The number of aliphatic hydroxyl groups is 1. The Morgan fingerprint density at radius 3 is 2.50 bits per heavy atom. The van der Waals surface area contributed by atoms with Gasteiger partial charge in [0.15, 0.2) is 4.75 Å². The van der Waals surface area contributed by atoms with Gasteiger partial charge in [-0.1, -0.05) is 37.8 Å². The third kappa shape index (κ3) is 1.90. The van der Waals surface area contributed by atoms with E-state index in [1.807, 2.05) is 37.3 Å². The van der Waals surface area contributed by atoms with E-state index in [4.69, 9.17) is 9.47 Å². The molecule has 7 atom stereocenters. The lowest BCUT2D eigenvalue weighted by Crippen LogP contribution is -2.59. The predicted molar refractivity (Wildman–Crippen MR) is 108 cm³/mol. The molecule has 2 heterocycles. The Morgan fingerprint density at radius 2 is 1.86 bits per heavy atom. The fraction of sp³-hybridized carbons (Fsp3) is 0.667. The first-order chi connectivity index (χ1) is 13.0. The van der Waals surface area contributed by atoms with Crippen molar-refractivity contribution >= 4 is 24.8 Å². The molecule has 0 aromatic heterocycles. The van der Waals surface area contributed by atoms with Crippen molar-refractivity contribution in [1.29, 1.82) is 0 Å². The van der Waals surface area contributed by atoms with Crippen molar-refractivity contribution in [2.24, 2.45) is 5.92 Å². The monoisotopic (exact) mass is 420 g/mol. The Bertz CT molecular complexity index is 881. The number of rotatable bonds is 3. The average Bonchev–Trinajstić information content (AvgIpc) is 3.20. The molecule has 7 heteroatoms. The van der Waals surface area contributed by atoms with Crippen LogP contribution in [0.3, 0.4) is 0 Å². The number of carbonyl (C=O) groups excluding carboxylic acids is 1. The van der Waals surface area contributed by atoms with Crippen LogP contribution in [0.4, 0.5) is 0 Å². The SMILES string of the molecule is C[C@]1(O)C[C@H]2OC(=O)[C@@]3(S(=O)c4ccccc4)CCC[C@@]4([Si](C)(C)C)O[C@]14[C@@H]23. The van der Waals surface area contributed by atoms with E-state index in [0.717, 1.165) is 12.8 Å². The van der Waals surface area contributed by atoms with Crippen molar-refractivity contribution < 1.29 is 23.6 Å². The third-order valence-corrected chi connectivity index (χ3v) is 12.9. The second kappa shape index (κ2) is 5.36. The molecule has 2 saturated heterocycles. The molecule has 4 fully saturated rings. The van der Waals surface area contributed by atoms with E-state index >= 15 is 0 Å². The Balaban J connectivity index is 1.72. The topological polar surface area (TPSA) is 76.1 Å². The van der Waals surface area contributed by atoms with Crippen LogP contribution in [-0.4, -0.2) is 50.6 Å². The van der Waals surface area contributed by atoms with E-state index in [1.165, 1.54) is 0 Å². The number of benzene rings is 1. The van der Waals surface area contributed by atoms with Gasteiger partial charge in [0, 0.05) is 11.3 Å². The van der Waals surface area contributed by atoms with Crippen LogP contribution < -0.4 is 0 Å². The smallest absolute Gasteiger partial charge is 0.326 e. The number of epoxide rings is 1. The van der Waals surface area contributed by atoms with Crippen LogP contribution in [0.15, 0.2) is 35.2 Å². The van der Waals surface area contributed by atoms with E-state index in [-0.39, 0.29) is 11.9 Å². The molecule has 0 bridgehead atoms. The maximum absolute atomic E-state index is 13.9. The fourth-order valence-electron chi connectivity index (χ4n) is 6.69. The van der Waals surface area contributed by atoms with Crippen molar-refractivity contribution in [3.63, 3.8) is 0 Å². The molecule has 2 aliphatic carbocycles. The predicted octanol–water partition coefficient (Wildman–Crippen LogP) is 2.80. The molecule has 1 spiro atoms. The molecule has 2 aliphatic heterocycles. The highest BCUT2D eigenvalue weighted by atomic mass is 32.2. The summed E-state index contributed by atoms with van der Waals surface area (Å²) in [5, 5.41) is 11.1. The lowest BCUT2D eigenvalue weighted by Gasteiger charge is -2.37. The summed E-state index contributed by atoms with van der Waals surface area (Å²) >= 11 is 0. The van der Waals surface area contributed by atoms with Gasteiger partial charge < -0.3 is 14.6 Å². The van der Waals surface area contributed by atoms with Gasteiger partial charge in [-0.15, -0.1) is 0 Å². The number of ether oxygens (including phenoxy) is 2. The number of hydrogen-bond donors (Lipinski definition) is 1. The van der Waals surface area contributed by atoms with Gasteiger partial charge in [0.05, 0.1) is 35.6 Å². The minimum absolute atomic E-state index is 0.351. The second-order valence-electron chi connectivity index (χ2n) is 10.1. The molecule has 4 aliphatic rings. The van der Waals surface area contributed by atoms with Crippen LogP contribution in [0.2, 0.25) is 19.6 Å². The first-order valence-electron chi connectivity index (χ1n) is 10.1. The third-order valence-electron chi connectivity index (χ3n) is 7.78. The maximum Gasteiger partial charge on any atom is 0.326 e. The molecule has 28 heavy (non-hydrogen) atoms. The van der Waals surface area contributed by atoms with Gasteiger partial charge in [0.2, 0.25) is 0 Å². The van der Waals surface area contributed by atoms with Crippen LogP contribution in [-0.2, 0) is 25.1 Å². The summed E-state index contributed by atoms with van der Waals surface area (Å²) in [6.07, 6.45) is 1.99. The Morgan fingerprint density at radius 1 is 1.18 bits per heavy atom. The Kier molecular flexibility index (Phi) is 3.63. The van der Waals surface area contributed by atoms with E-state index in [0.29, 0.717) is 17.7 Å². The standard InChI is InChI=1S/C21H28O5SSi/c1-18(23)13-15-16-19(17(22)25-15,27(24)14-9-6-5-7-10-14)11-8-12-20(28(2,3)4)21(16,18)26-20/h5-7,9-10,15-16,23H,8,11-13H2,1-4H3/t15-,16+,18+,19-,20+,21-,27?/m1/s1. The minimum Gasteiger partial charge on any atom is -0.461 e. The molecular formula is C21H28O5SSi. The van der Waals surface area contributed by atoms with Crippen LogP contribution in [0.5, 0.6) is 0 Å². The van der Waals surface area contributed by atoms with Gasteiger partial charge in [-0.3, -0.25) is 9.00 Å². The van der Waals surface area contributed by atoms with E-state index in [9.17, 15) is 14.1 Å². The molecule has 0 amide bonds. The van der Waals surface area contributed by atoms with Crippen molar-refractivity contribution in [2.45, 2.75) is 84.4 Å². The second-order valence-corrected chi connectivity index (χ2v) is 17.2. The fourth-order valence-corrected chi connectivity index (χ4v) is 11.5. The van der Waals surface area contributed by atoms with Crippen molar-refractivity contribution in [3.8, 4) is 0 Å². The highest BCUT2D eigenvalue weighted by molar-refractivity contribution is 7.87. The van der Waals surface area contributed by atoms with Crippen LogP contribution in [0.25, 0.3) is 0 Å². The van der Waals surface area contributed by atoms with Gasteiger partial charge >= 0.3 is 5.97 Å². The maximum atomic E-state index is 13.9. The highest BCUT2D eigenvalue weighted by Crippen LogP contribution is 2.75. The molecule has 1 aromatic rings. The van der Waals surface area contributed by atoms with Gasteiger partial charge in [-0.05, 0) is 38.3 Å². The lowest BCUT2D eigenvalue weighted by molar-refractivity contribution is -0.145. The first-order valence-corrected chi connectivity index (χ1v) is 14.8. The summed E-state index contributed by atoms with van der Waals surface area (Å²) in [4.78, 5) is 13.9. The Hall–Kier alpha value is -1.02. The summed E-state index contributed by atoms with van der Waals surface area (Å²) in [6, 6.07) is 9.20. The number of hydrogen-bond acceptors (Lipinski definition) is 5. The summed E-state index contributed by atoms with van der Waals surface area (Å²) in [5.41, 5.74) is -1.94. The highest BCUT2D eigenvalue weighted by Gasteiger charge is 2.92. The molecule has 2 saturated carbocycles. The molecule has 5 nitrogen and oxygen atoms in total. The summed E-state index contributed by atoms with van der Waals surface area (Å²) in [6.45, 7) is 8.63.